The fraction of sp³-hybridized carbons (Fsp3) is 0.316. The Kier molecular flexibility index (Phi) is 11.5. The van der Waals surface area contributed by atoms with Gasteiger partial charge < -0.3 is 19.7 Å². The molecule has 0 spiro atoms. The van der Waals surface area contributed by atoms with Crippen molar-refractivity contribution in [2.45, 2.75) is 64.1 Å². The number of methoxy groups -OCH3 is 2. The molecule has 0 radical (unpaired) electrons. The first-order valence-electron chi connectivity index (χ1n) is 15.7. The molecule has 0 aromatic heterocycles. The highest BCUT2D eigenvalue weighted by Crippen LogP contribution is 2.34. The van der Waals surface area contributed by atoms with Crippen LogP contribution in [0.25, 0.3) is 0 Å². The Balaban J connectivity index is 1.87. The van der Waals surface area contributed by atoms with Crippen molar-refractivity contribution in [3.05, 3.63) is 119 Å². The summed E-state index contributed by atoms with van der Waals surface area (Å²) in [5, 5.41) is 3.05. The first-order valence-corrected chi connectivity index (χ1v) is 17.2. The minimum absolute atomic E-state index is 0.0208. The van der Waals surface area contributed by atoms with Crippen molar-refractivity contribution in [1.82, 2.24) is 10.2 Å². The number of hydrogen-bond acceptors (Lipinski definition) is 6. The summed E-state index contributed by atoms with van der Waals surface area (Å²) in [6, 6.07) is 27.3. The van der Waals surface area contributed by atoms with Crippen LogP contribution < -0.4 is 19.1 Å². The lowest BCUT2D eigenvalue weighted by molar-refractivity contribution is -0.140. The molecule has 0 aliphatic heterocycles. The van der Waals surface area contributed by atoms with Crippen molar-refractivity contribution < 1.29 is 27.5 Å². The van der Waals surface area contributed by atoms with Crippen LogP contribution in [0.5, 0.6) is 11.5 Å². The molecule has 0 saturated carbocycles. The molecule has 0 aliphatic carbocycles. The van der Waals surface area contributed by atoms with Crippen molar-refractivity contribution in [1.29, 1.82) is 0 Å². The summed E-state index contributed by atoms with van der Waals surface area (Å²) in [7, 11) is -1.33. The van der Waals surface area contributed by atoms with Crippen molar-refractivity contribution in [2.75, 3.05) is 25.1 Å². The Labute approximate surface area is 284 Å². The van der Waals surface area contributed by atoms with Gasteiger partial charge in [-0.1, -0.05) is 72.3 Å². The molecule has 0 heterocycles. The number of nitrogens with one attached hydrogen (secondary N) is 1. The molecule has 1 N–H and O–H groups in total. The summed E-state index contributed by atoms with van der Waals surface area (Å²) in [5.41, 5.74) is 3.15. The molecule has 0 fully saturated rings. The van der Waals surface area contributed by atoms with E-state index in [2.05, 4.69) is 5.32 Å². The van der Waals surface area contributed by atoms with Gasteiger partial charge in [0.1, 0.15) is 12.6 Å². The fourth-order valence-electron chi connectivity index (χ4n) is 5.32. The Hall–Kier alpha value is -4.83. The van der Waals surface area contributed by atoms with E-state index in [0.717, 1.165) is 26.6 Å². The monoisotopic (exact) mass is 671 g/mol. The maximum atomic E-state index is 14.7. The SMILES string of the molecule is COc1ccc(N(CC(=O)N(Cc2ccccc2C)[C@H](Cc2ccccc2)C(=O)NC(C)(C)C)S(=O)(=O)c2ccc(C)cc2)cc1OC. The predicted octanol–water partition coefficient (Wildman–Crippen LogP) is 6.07. The van der Waals surface area contributed by atoms with Gasteiger partial charge in [-0.05, 0) is 75.6 Å². The van der Waals surface area contributed by atoms with Gasteiger partial charge in [-0.15, -0.1) is 0 Å². The van der Waals surface area contributed by atoms with Gasteiger partial charge in [0.2, 0.25) is 11.8 Å². The van der Waals surface area contributed by atoms with E-state index >= 15 is 0 Å². The molecule has 1 atom stereocenters. The summed E-state index contributed by atoms with van der Waals surface area (Å²) in [6.45, 7) is 8.96. The molecule has 4 rings (SSSR count). The Morgan fingerprint density at radius 2 is 1.44 bits per heavy atom. The van der Waals surface area contributed by atoms with Gasteiger partial charge in [-0.2, -0.15) is 0 Å². The number of carbonyl (C=O) groups is 2. The van der Waals surface area contributed by atoms with E-state index < -0.39 is 34.1 Å². The number of sulfonamides is 1. The zero-order valence-electron chi connectivity index (χ0n) is 28.7. The first kappa shape index (κ1) is 36.0. The summed E-state index contributed by atoms with van der Waals surface area (Å²) >= 11 is 0. The quantitative estimate of drug-likeness (QED) is 0.185. The summed E-state index contributed by atoms with van der Waals surface area (Å²) in [4.78, 5) is 30.3. The average Bonchev–Trinajstić information content (AvgIpc) is 3.05. The lowest BCUT2D eigenvalue weighted by Gasteiger charge is -2.35. The van der Waals surface area contributed by atoms with Gasteiger partial charge in [0.05, 0.1) is 24.8 Å². The summed E-state index contributed by atoms with van der Waals surface area (Å²) in [5.74, 6) is -0.181. The number of nitrogens with zero attached hydrogens (tertiary/aromatic N) is 2. The van der Waals surface area contributed by atoms with Crippen LogP contribution in [0, 0.1) is 13.8 Å². The number of anilines is 1. The second-order valence-corrected chi connectivity index (χ2v) is 14.6. The van der Waals surface area contributed by atoms with Crippen LogP contribution >= 0.6 is 0 Å². The van der Waals surface area contributed by atoms with Crippen molar-refractivity contribution in [2.24, 2.45) is 0 Å². The molecule has 4 aromatic carbocycles. The number of aryl methyl sites for hydroxylation is 2. The Bertz CT molecular complexity index is 1820. The molecule has 2 amide bonds. The molecule has 10 heteroatoms. The summed E-state index contributed by atoms with van der Waals surface area (Å²) < 4.78 is 40.7. The molecule has 0 unspecified atom stereocenters. The molecule has 48 heavy (non-hydrogen) atoms. The molecule has 4 aromatic rings. The topological polar surface area (TPSA) is 105 Å². The second kappa shape index (κ2) is 15.4. The molecule has 0 aliphatic rings. The van der Waals surface area contributed by atoms with Gasteiger partial charge in [0, 0.05) is 24.6 Å². The van der Waals surface area contributed by atoms with Gasteiger partial charge in [0.15, 0.2) is 11.5 Å². The largest absolute Gasteiger partial charge is 0.493 e. The normalized spacial score (nSPS) is 12.1. The van der Waals surface area contributed by atoms with Gasteiger partial charge >= 0.3 is 0 Å². The van der Waals surface area contributed by atoms with Crippen LogP contribution in [-0.2, 0) is 32.6 Å². The van der Waals surface area contributed by atoms with E-state index in [-0.39, 0.29) is 29.5 Å². The van der Waals surface area contributed by atoms with Gasteiger partial charge in [-0.25, -0.2) is 8.42 Å². The lowest BCUT2D eigenvalue weighted by Crippen LogP contribution is -2.56. The van der Waals surface area contributed by atoms with Crippen LogP contribution in [0.3, 0.4) is 0 Å². The minimum atomic E-state index is -4.27. The molecule has 0 saturated heterocycles. The predicted molar refractivity (Wildman–Crippen MR) is 189 cm³/mol. The number of rotatable bonds is 13. The van der Waals surface area contributed by atoms with Crippen LogP contribution in [0.15, 0.2) is 102 Å². The third-order valence-electron chi connectivity index (χ3n) is 7.91. The van der Waals surface area contributed by atoms with Gasteiger partial charge in [-0.3, -0.25) is 13.9 Å². The highest BCUT2D eigenvalue weighted by Gasteiger charge is 2.36. The van der Waals surface area contributed by atoms with E-state index in [1.807, 2.05) is 89.2 Å². The number of ether oxygens (including phenoxy) is 2. The smallest absolute Gasteiger partial charge is 0.264 e. The number of benzene rings is 4. The van der Waals surface area contributed by atoms with Crippen molar-refractivity contribution in [3.63, 3.8) is 0 Å². The second-order valence-electron chi connectivity index (χ2n) is 12.8. The third-order valence-corrected chi connectivity index (χ3v) is 9.70. The standard InChI is InChI=1S/C38H45N3O6S/c1-27-17-20-32(21-18-27)48(44,45)41(31-19-22-34(46-6)35(24-31)47-7)26-36(42)40(25-30-16-12-11-13-28(30)2)33(37(43)39-38(3,4)5)23-29-14-9-8-10-15-29/h8-22,24,33H,23,25-26H2,1-7H3,(H,39,43)/t33-/m1/s1. The maximum Gasteiger partial charge on any atom is 0.264 e. The van der Waals surface area contributed by atoms with E-state index in [1.165, 1.54) is 37.3 Å². The van der Waals surface area contributed by atoms with E-state index in [1.54, 1.807) is 24.3 Å². The molecular weight excluding hydrogens is 627 g/mol. The van der Waals surface area contributed by atoms with Crippen LogP contribution in [0.4, 0.5) is 5.69 Å². The van der Waals surface area contributed by atoms with Crippen molar-refractivity contribution >= 4 is 27.5 Å². The fourth-order valence-corrected chi connectivity index (χ4v) is 6.73. The zero-order chi connectivity index (χ0) is 35.1. The number of carbonyl (C=O) groups excluding carboxylic acids is 2. The molecule has 9 nitrogen and oxygen atoms in total. The van der Waals surface area contributed by atoms with E-state index in [0.29, 0.717) is 11.5 Å². The zero-order valence-corrected chi connectivity index (χ0v) is 29.5. The molecule has 0 bridgehead atoms. The molecule has 254 valence electrons. The molecular formula is C38H45N3O6S. The summed E-state index contributed by atoms with van der Waals surface area (Å²) in [6.07, 6.45) is 0.224. The highest BCUT2D eigenvalue weighted by atomic mass is 32.2. The lowest BCUT2D eigenvalue weighted by atomic mass is 10.00. The van der Waals surface area contributed by atoms with E-state index in [4.69, 9.17) is 9.47 Å². The first-order chi connectivity index (χ1) is 22.7. The maximum absolute atomic E-state index is 14.7. The number of amides is 2. The van der Waals surface area contributed by atoms with Crippen LogP contribution in [0.1, 0.15) is 43.0 Å². The average molecular weight is 672 g/mol. The van der Waals surface area contributed by atoms with Crippen LogP contribution in [-0.4, -0.2) is 57.5 Å². The highest BCUT2D eigenvalue weighted by molar-refractivity contribution is 7.92. The van der Waals surface area contributed by atoms with E-state index in [9.17, 15) is 18.0 Å². The Morgan fingerprint density at radius 1 is 0.812 bits per heavy atom. The third kappa shape index (κ3) is 8.95. The minimum Gasteiger partial charge on any atom is -0.493 e. The number of hydrogen-bond donors (Lipinski definition) is 1. The Morgan fingerprint density at radius 3 is 2.04 bits per heavy atom. The van der Waals surface area contributed by atoms with Crippen LogP contribution in [0.2, 0.25) is 0 Å². The van der Waals surface area contributed by atoms with Crippen molar-refractivity contribution in [3.8, 4) is 11.5 Å². The van der Waals surface area contributed by atoms with Gasteiger partial charge in [0.25, 0.3) is 10.0 Å².